The van der Waals surface area contributed by atoms with Gasteiger partial charge < -0.3 is 8.37 Å². The number of sulfone groups is 2. The van der Waals surface area contributed by atoms with E-state index in [-0.39, 0.29) is 5.56 Å². The quantitative estimate of drug-likeness (QED) is 0.0926. The summed E-state index contributed by atoms with van der Waals surface area (Å²) in [5.41, 5.74) is -1.04. The number of aryl methyl sites for hydroxylation is 1. The van der Waals surface area contributed by atoms with Crippen LogP contribution in [0, 0.1) is 20.6 Å². The third-order valence-electron chi connectivity index (χ3n) is 5.25. The van der Waals surface area contributed by atoms with Crippen LogP contribution in [-0.2, 0) is 43.0 Å². The first-order valence-corrected chi connectivity index (χ1v) is 19.7. The molecule has 3 aromatic carbocycles. The molecule has 0 bridgehead atoms. The smallest absolute Gasteiger partial charge is 0.339 e. The Bertz CT molecular complexity index is 2020. The molecule has 0 aliphatic carbocycles. The average molecular weight is 859 g/mol. The van der Waals surface area contributed by atoms with Gasteiger partial charge in [0.2, 0.25) is 18.7 Å². The largest absolute Gasteiger partial charge is 0.380 e. The summed E-state index contributed by atoms with van der Waals surface area (Å²) in [6.07, 6.45) is 0.940. The van der Waals surface area contributed by atoms with Crippen LogP contribution in [0.15, 0.2) is 69.3 Å². The van der Waals surface area contributed by atoms with Gasteiger partial charge in [-0.2, -0.15) is 16.8 Å². The van der Waals surface area contributed by atoms with Crippen molar-refractivity contribution in [1.82, 2.24) is 0 Å². The third kappa shape index (κ3) is 6.86. The zero-order valence-electron chi connectivity index (χ0n) is 21.3. The molecule has 20 heteroatoms. The summed E-state index contributed by atoms with van der Waals surface area (Å²) < 4.78 is 112. The van der Waals surface area contributed by atoms with Crippen molar-refractivity contribution < 1.29 is 47.0 Å². The van der Waals surface area contributed by atoms with Crippen LogP contribution in [0.5, 0.6) is 11.5 Å². The van der Waals surface area contributed by atoms with E-state index in [2.05, 4.69) is 15.9 Å². The molecule has 0 aliphatic heterocycles. The van der Waals surface area contributed by atoms with Gasteiger partial charge in [0, 0.05) is 6.26 Å². The van der Waals surface area contributed by atoms with E-state index < -0.39 is 83.4 Å². The molecular weight excluding hydrogens is 841 g/mol. The Labute approximate surface area is 268 Å². The molecule has 0 amide bonds. The lowest BCUT2D eigenvalue weighted by molar-refractivity contribution is -0.386. The second kappa shape index (κ2) is 11.8. The predicted octanol–water partition coefficient (Wildman–Crippen LogP) is 4.24. The van der Waals surface area contributed by atoms with Crippen molar-refractivity contribution in [2.45, 2.75) is 24.7 Å². The summed E-state index contributed by atoms with van der Waals surface area (Å²) in [5.74, 6) is -3.04. The van der Waals surface area contributed by atoms with E-state index in [1.165, 1.54) is 42.5 Å². The van der Waals surface area contributed by atoms with Crippen LogP contribution in [0.3, 0.4) is 0 Å². The number of nitrogens with zero attached hydrogens (tertiary/aromatic N) is 1. The highest BCUT2D eigenvalue weighted by molar-refractivity contribution is 14.1. The zero-order valence-corrected chi connectivity index (χ0v) is 29.1. The van der Waals surface area contributed by atoms with Gasteiger partial charge >= 0.3 is 25.9 Å². The van der Waals surface area contributed by atoms with E-state index in [4.69, 9.17) is 20.0 Å². The molecule has 0 N–H and O–H groups in total. The first kappa shape index (κ1) is 34.5. The van der Waals surface area contributed by atoms with Crippen molar-refractivity contribution in [3.05, 3.63) is 79.4 Å². The highest BCUT2D eigenvalue weighted by Crippen LogP contribution is 2.56. The number of hydrogen-bond acceptors (Lipinski definition) is 12. The Hall–Kier alpha value is -2.04. The molecule has 1 unspecified atom stereocenters. The molecule has 3 rings (SSSR count). The number of nitro groups is 1. The van der Waals surface area contributed by atoms with Gasteiger partial charge in [-0.1, -0.05) is 59.6 Å². The highest BCUT2D eigenvalue weighted by atomic mass is 127. The number of halogens is 3. The maximum atomic E-state index is 14.3. The molecule has 0 saturated carbocycles. The van der Waals surface area contributed by atoms with Crippen molar-refractivity contribution in [1.29, 1.82) is 0 Å². The fourth-order valence-electron chi connectivity index (χ4n) is 3.44. The number of hydrogen-bond donors (Lipinski definition) is 0. The third-order valence-corrected chi connectivity index (χ3v) is 13.9. The Balaban J connectivity index is 2.67. The van der Waals surface area contributed by atoms with Crippen molar-refractivity contribution in [3.63, 3.8) is 0 Å². The average Bonchev–Trinajstić information content (AvgIpc) is 2.82. The fraction of sp³-hybridized carbons (Fsp3) is 0.182. The van der Waals surface area contributed by atoms with E-state index in [0.29, 0.717) is 18.1 Å². The van der Waals surface area contributed by atoms with Crippen LogP contribution < -0.4 is 8.37 Å². The summed E-state index contributed by atoms with van der Waals surface area (Å²) >= 11 is 10.4. The van der Waals surface area contributed by atoms with E-state index in [0.717, 1.165) is 34.7 Å². The SMILES string of the molecule is Cc1ccc(S(=O)(=O)Oc2c([N+](=O)[O-])c(I)c(S(C)(=O)=O)c(OS(C)(=O)=O)c2S(=O)(=O)C(Cl)(Br)c2ccccc2)cc1. The van der Waals surface area contributed by atoms with E-state index in [1.807, 2.05) is 0 Å². The molecule has 1 atom stereocenters. The van der Waals surface area contributed by atoms with Gasteiger partial charge in [-0.15, -0.1) is 0 Å². The summed E-state index contributed by atoms with van der Waals surface area (Å²) in [4.78, 5) is 7.58. The Morgan fingerprint density at radius 3 is 1.83 bits per heavy atom. The molecular formula is C22H18BrClINO12S4. The lowest BCUT2D eigenvalue weighted by atomic mass is 10.2. The lowest BCUT2D eigenvalue weighted by Crippen LogP contribution is -2.27. The lowest BCUT2D eigenvalue weighted by Gasteiger charge is -2.25. The van der Waals surface area contributed by atoms with Gasteiger partial charge in [-0.25, -0.2) is 16.8 Å². The van der Waals surface area contributed by atoms with Gasteiger partial charge in [0.25, 0.3) is 0 Å². The van der Waals surface area contributed by atoms with Crippen LogP contribution in [0.4, 0.5) is 5.69 Å². The van der Waals surface area contributed by atoms with Crippen molar-refractivity contribution in [2.24, 2.45) is 0 Å². The molecule has 0 radical (unpaired) electrons. The first-order valence-electron chi connectivity index (χ1n) is 10.8. The number of benzene rings is 3. The normalized spacial score (nSPS) is 14.1. The second-order valence-corrected chi connectivity index (χ2v) is 19.7. The molecule has 0 heterocycles. The summed E-state index contributed by atoms with van der Waals surface area (Å²) in [7, 11) is -20.1. The molecule has 0 aliphatic rings. The fourth-order valence-corrected chi connectivity index (χ4v) is 10.5. The van der Waals surface area contributed by atoms with Crippen LogP contribution in [-0.4, -0.2) is 51.1 Å². The summed E-state index contributed by atoms with van der Waals surface area (Å²) in [6, 6.07) is 11.5. The first-order chi connectivity index (χ1) is 19.0. The van der Waals surface area contributed by atoms with Gasteiger partial charge in [0.15, 0.2) is 20.5 Å². The monoisotopic (exact) mass is 857 g/mol. The topological polar surface area (TPSA) is 198 Å². The zero-order chi connectivity index (χ0) is 32.1. The maximum Gasteiger partial charge on any atom is 0.339 e. The van der Waals surface area contributed by atoms with Crippen LogP contribution in [0.25, 0.3) is 0 Å². The standard InChI is InChI=1S/C22H18BrClINO12S4/c1-13-9-11-15(12-10-13)42(35,36)38-18-17(26(27)28)16(25)20(39(2,29)30)19(37-40(3,31)32)21(18)41(33,34)22(23,24)14-7-5-4-6-8-14/h4-12H,1-3H3. The van der Waals surface area contributed by atoms with Crippen molar-refractivity contribution in [2.75, 3.05) is 12.5 Å². The highest BCUT2D eigenvalue weighted by Gasteiger charge is 2.51. The minimum Gasteiger partial charge on any atom is -0.380 e. The number of alkyl halides is 2. The summed E-state index contributed by atoms with van der Waals surface area (Å²) in [6.45, 7) is 1.63. The molecule has 228 valence electrons. The van der Waals surface area contributed by atoms with Gasteiger partial charge in [0.1, 0.15) is 13.4 Å². The minimum atomic E-state index is -5.51. The molecule has 3 aromatic rings. The van der Waals surface area contributed by atoms with Gasteiger partial charge in [-0.3, -0.25) is 10.1 Å². The molecule has 42 heavy (non-hydrogen) atoms. The Morgan fingerprint density at radius 2 is 1.38 bits per heavy atom. The van der Waals surface area contributed by atoms with Crippen LogP contribution in [0.2, 0.25) is 0 Å². The summed E-state index contributed by atoms with van der Waals surface area (Å²) in [5, 5.41) is 12.3. The molecule has 0 fully saturated rings. The van der Waals surface area contributed by atoms with E-state index in [1.54, 1.807) is 6.92 Å². The van der Waals surface area contributed by atoms with Crippen LogP contribution in [0.1, 0.15) is 11.1 Å². The molecule has 13 nitrogen and oxygen atoms in total. The van der Waals surface area contributed by atoms with E-state index >= 15 is 0 Å². The minimum absolute atomic E-state index is 0.230. The number of nitro benzene ring substituents is 1. The predicted molar refractivity (Wildman–Crippen MR) is 163 cm³/mol. The molecule has 0 aromatic heterocycles. The molecule has 0 spiro atoms. The molecule has 0 saturated heterocycles. The second-order valence-electron chi connectivity index (χ2n) is 8.53. The Morgan fingerprint density at radius 1 is 0.857 bits per heavy atom. The van der Waals surface area contributed by atoms with E-state index in [9.17, 15) is 43.8 Å². The van der Waals surface area contributed by atoms with Crippen LogP contribution >= 0.6 is 50.1 Å². The van der Waals surface area contributed by atoms with Gasteiger partial charge in [-0.05, 0) is 63.1 Å². The van der Waals surface area contributed by atoms with Gasteiger partial charge in [0.05, 0.1) is 11.2 Å². The number of rotatable bonds is 10. The Kier molecular flexibility index (Phi) is 9.68. The van der Waals surface area contributed by atoms with Crippen molar-refractivity contribution in [3.8, 4) is 11.5 Å². The maximum absolute atomic E-state index is 14.3. The van der Waals surface area contributed by atoms with Crippen molar-refractivity contribution >= 4 is 95.7 Å².